The van der Waals surface area contributed by atoms with Gasteiger partial charge in [-0.1, -0.05) is 32.8 Å². The van der Waals surface area contributed by atoms with E-state index in [9.17, 15) is 0 Å². The van der Waals surface area contributed by atoms with E-state index < -0.39 is 0 Å². The minimum atomic E-state index is 0.568. The van der Waals surface area contributed by atoms with Crippen molar-refractivity contribution in [3.63, 3.8) is 0 Å². The molecule has 114 valence electrons. The van der Waals surface area contributed by atoms with Crippen molar-refractivity contribution < 1.29 is 0 Å². The molecule has 3 atom stereocenters. The number of nitrogens with zero attached hydrogens (tertiary/aromatic N) is 2. The van der Waals surface area contributed by atoms with Crippen LogP contribution in [0.5, 0.6) is 0 Å². The van der Waals surface area contributed by atoms with Gasteiger partial charge in [-0.2, -0.15) is 0 Å². The second-order valence-corrected chi connectivity index (χ2v) is 7.04. The van der Waals surface area contributed by atoms with E-state index in [1.54, 1.807) is 0 Å². The van der Waals surface area contributed by atoms with Crippen LogP contribution in [0.25, 0.3) is 11.0 Å². The van der Waals surface area contributed by atoms with Crippen molar-refractivity contribution in [2.45, 2.75) is 52.5 Å². The molecule has 1 heterocycles. The van der Waals surface area contributed by atoms with E-state index in [-0.39, 0.29) is 0 Å². The van der Waals surface area contributed by atoms with E-state index in [1.807, 2.05) is 0 Å². The van der Waals surface area contributed by atoms with Gasteiger partial charge in [0.2, 0.25) is 0 Å². The summed E-state index contributed by atoms with van der Waals surface area (Å²) in [7, 11) is 0. The first-order valence-electron chi connectivity index (χ1n) is 8.15. The number of aryl methyl sites for hydroxylation is 2. The Morgan fingerprint density at radius 1 is 1.29 bits per heavy atom. The molecule has 1 aliphatic rings. The van der Waals surface area contributed by atoms with Gasteiger partial charge in [0.25, 0.3) is 0 Å². The fraction of sp³-hybridized carbons (Fsp3) is 0.611. The van der Waals surface area contributed by atoms with Crippen molar-refractivity contribution in [3.05, 3.63) is 29.6 Å². The summed E-state index contributed by atoms with van der Waals surface area (Å²) >= 11 is 6.02. The molecule has 0 saturated heterocycles. The SMILES string of the molecule is Cc1ccc2nc(CCCl)n(C3CCCC(C)C3C)c2c1. The van der Waals surface area contributed by atoms with Crippen LogP contribution < -0.4 is 0 Å². The minimum Gasteiger partial charge on any atom is -0.325 e. The lowest BCUT2D eigenvalue weighted by atomic mass is 9.78. The van der Waals surface area contributed by atoms with Crippen LogP contribution >= 0.6 is 11.6 Å². The molecule has 0 N–H and O–H groups in total. The third-order valence-electron chi connectivity index (χ3n) is 5.23. The highest BCUT2D eigenvalue weighted by Gasteiger charge is 2.30. The third-order valence-corrected chi connectivity index (χ3v) is 5.42. The molecule has 1 aromatic heterocycles. The van der Waals surface area contributed by atoms with Gasteiger partial charge in [-0.25, -0.2) is 4.98 Å². The fourth-order valence-corrected chi connectivity index (χ4v) is 3.97. The summed E-state index contributed by atoms with van der Waals surface area (Å²) in [6.07, 6.45) is 4.79. The van der Waals surface area contributed by atoms with Crippen molar-refractivity contribution in [3.8, 4) is 0 Å². The van der Waals surface area contributed by atoms with Gasteiger partial charge < -0.3 is 4.57 Å². The first-order chi connectivity index (χ1) is 10.1. The summed E-state index contributed by atoms with van der Waals surface area (Å²) < 4.78 is 2.50. The van der Waals surface area contributed by atoms with Gasteiger partial charge in [0.1, 0.15) is 5.82 Å². The van der Waals surface area contributed by atoms with Gasteiger partial charge in [-0.15, -0.1) is 11.6 Å². The summed E-state index contributed by atoms with van der Waals surface area (Å²) in [6, 6.07) is 7.15. The maximum Gasteiger partial charge on any atom is 0.111 e. The molecule has 0 spiro atoms. The molecule has 0 aliphatic heterocycles. The maximum absolute atomic E-state index is 6.02. The van der Waals surface area contributed by atoms with E-state index in [4.69, 9.17) is 16.6 Å². The predicted molar refractivity (Wildman–Crippen MR) is 90.1 cm³/mol. The monoisotopic (exact) mass is 304 g/mol. The zero-order chi connectivity index (χ0) is 15.0. The van der Waals surface area contributed by atoms with Gasteiger partial charge in [-0.3, -0.25) is 0 Å². The predicted octanol–water partition coefficient (Wildman–Crippen LogP) is 5.12. The molecule has 1 aliphatic carbocycles. The van der Waals surface area contributed by atoms with Crippen LogP contribution in [0.4, 0.5) is 0 Å². The van der Waals surface area contributed by atoms with Crippen LogP contribution in [-0.4, -0.2) is 15.4 Å². The van der Waals surface area contributed by atoms with Crippen LogP contribution in [0, 0.1) is 18.8 Å². The smallest absolute Gasteiger partial charge is 0.111 e. The third kappa shape index (κ3) is 2.70. The Hall–Kier alpha value is -1.02. The molecule has 0 radical (unpaired) electrons. The topological polar surface area (TPSA) is 17.8 Å². The molecule has 2 aromatic rings. The molecular weight excluding hydrogens is 280 g/mol. The Labute approximate surface area is 132 Å². The molecule has 1 aromatic carbocycles. The van der Waals surface area contributed by atoms with Crippen LogP contribution in [0.1, 0.15) is 50.5 Å². The second-order valence-electron chi connectivity index (χ2n) is 6.66. The molecule has 3 heteroatoms. The van der Waals surface area contributed by atoms with E-state index >= 15 is 0 Å². The van der Waals surface area contributed by atoms with Crippen molar-refractivity contribution in [2.24, 2.45) is 11.8 Å². The molecule has 2 nitrogen and oxygen atoms in total. The summed E-state index contributed by atoms with van der Waals surface area (Å²) in [4.78, 5) is 4.86. The Bertz CT molecular complexity index is 631. The van der Waals surface area contributed by atoms with E-state index in [0.717, 1.165) is 23.7 Å². The number of rotatable bonds is 3. The van der Waals surface area contributed by atoms with Crippen LogP contribution in [0.3, 0.4) is 0 Å². The standard InChI is InChI=1S/C18H25ClN2/c1-12-7-8-15-17(11-12)21(18(20-15)9-10-19)16-6-4-5-13(2)14(16)3/h7-8,11,13-14,16H,4-6,9-10H2,1-3H3. The first-order valence-corrected chi connectivity index (χ1v) is 8.68. The molecule has 1 fully saturated rings. The van der Waals surface area contributed by atoms with E-state index in [1.165, 1.54) is 30.3 Å². The summed E-state index contributed by atoms with van der Waals surface area (Å²) in [6.45, 7) is 6.95. The van der Waals surface area contributed by atoms with Crippen LogP contribution in [-0.2, 0) is 6.42 Å². The Morgan fingerprint density at radius 3 is 2.86 bits per heavy atom. The quantitative estimate of drug-likeness (QED) is 0.719. The lowest BCUT2D eigenvalue weighted by molar-refractivity contribution is 0.187. The lowest BCUT2D eigenvalue weighted by Crippen LogP contribution is -2.28. The highest BCUT2D eigenvalue weighted by atomic mass is 35.5. The number of aromatic nitrogens is 2. The van der Waals surface area contributed by atoms with Gasteiger partial charge in [0.05, 0.1) is 11.0 Å². The molecule has 1 saturated carbocycles. The van der Waals surface area contributed by atoms with Crippen molar-refractivity contribution in [1.82, 2.24) is 9.55 Å². The zero-order valence-electron chi connectivity index (χ0n) is 13.3. The second kappa shape index (κ2) is 6.00. The van der Waals surface area contributed by atoms with Crippen LogP contribution in [0.15, 0.2) is 18.2 Å². The Balaban J connectivity index is 2.13. The number of benzene rings is 1. The number of halogens is 1. The molecule has 0 bridgehead atoms. The van der Waals surface area contributed by atoms with E-state index in [2.05, 4.69) is 43.5 Å². The number of hydrogen-bond donors (Lipinski definition) is 0. The first kappa shape index (κ1) is 14.9. The summed E-state index contributed by atoms with van der Waals surface area (Å²) in [5, 5.41) is 0. The average molecular weight is 305 g/mol. The Morgan fingerprint density at radius 2 is 2.10 bits per heavy atom. The molecule has 21 heavy (non-hydrogen) atoms. The van der Waals surface area contributed by atoms with Crippen LogP contribution in [0.2, 0.25) is 0 Å². The van der Waals surface area contributed by atoms with Gasteiger partial charge in [0, 0.05) is 18.3 Å². The zero-order valence-corrected chi connectivity index (χ0v) is 14.0. The fourth-order valence-electron chi connectivity index (χ4n) is 3.80. The van der Waals surface area contributed by atoms with Crippen molar-refractivity contribution in [1.29, 1.82) is 0 Å². The lowest BCUT2D eigenvalue weighted by Gasteiger charge is -2.36. The number of fused-ring (bicyclic) bond motifs is 1. The minimum absolute atomic E-state index is 0.568. The van der Waals surface area contributed by atoms with Gasteiger partial charge in [0.15, 0.2) is 0 Å². The maximum atomic E-state index is 6.02. The van der Waals surface area contributed by atoms with Gasteiger partial charge in [-0.05, 0) is 42.9 Å². The molecular formula is C18H25ClN2. The highest BCUT2D eigenvalue weighted by Crippen LogP contribution is 2.40. The average Bonchev–Trinajstić information content (AvgIpc) is 2.80. The summed E-state index contributed by atoms with van der Waals surface area (Å²) in [5.74, 6) is 3.29. The molecule has 3 rings (SSSR count). The normalized spacial score (nSPS) is 26.4. The Kier molecular flexibility index (Phi) is 4.26. The highest BCUT2D eigenvalue weighted by molar-refractivity contribution is 6.17. The van der Waals surface area contributed by atoms with Crippen molar-refractivity contribution in [2.75, 3.05) is 5.88 Å². The number of imidazole rings is 1. The number of hydrogen-bond acceptors (Lipinski definition) is 1. The largest absolute Gasteiger partial charge is 0.325 e. The number of alkyl halides is 1. The molecule has 3 unspecified atom stereocenters. The van der Waals surface area contributed by atoms with E-state index in [0.29, 0.717) is 17.8 Å². The summed E-state index contributed by atoms with van der Waals surface area (Å²) in [5.41, 5.74) is 3.71. The van der Waals surface area contributed by atoms with Crippen molar-refractivity contribution >= 4 is 22.6 Å². The molecule has 0 amide bonds. The van der Waals surface area contributed by atoms with Gasteiger partial charge >= 0.3 is 0 Å².